The molecule has 0 aromatic heterocycles. The number of carbonyl (C=O) groups is 1. The van der Waals surface area contributed by atoms with Gasteiger partial charge in [-0.3, -0.25) is 9.69 Å². The summed E-state index contributed by atoms with van der Waals surface area (Å²) in [5.74, 6) is 1.47. The molecule has 3 atom stereocenters. The summed E-state index contributed by atoms with van der Waals surface area (Å²) in [7, 11) is 0. The summed E-state index contributed by atoms with van der Waals surface area (Å²) in [6.07, 6.45) is 5.60. The molecule has 2 rings (SSSR count). The van der Waals surface area contributed by atoms with Crippen LogP contribution in [0.4, 0.5) is 0 Å². The average Bonchev–Trinajstić information content (AvgIpc) is 2.29. The van der Waals surface area contributed by atoms with Crippen molar-refractivity contribution < 1.29 is 9.90 Å². The van der Waals surface area contributed by atoms with Gasteiger partial charge in [0.05, 0.1) is 12.6 Å². The van der Waals surface area contributed by atoms with Crippen molar-refractivity contribution in [1.82, 2.24) is 10.2 Å². The second-order valence-electron chi connectivity index (χ2n) is 6.51. The van der Waals surface area contributed by atoms with Gasteiger partial charge in [-0.1, -0.05) is 13.3 Å². The molecule has 19 heavy (non-hydrogen) atoms. The molecule has 1 amide bonds. The number of piperidine rings is 1. The second kappa shape index (κ2) is 6.71. The van der Waals surface area contributed by atoms with E-state index < -0.39 is 0 Å². The van der Waals surface area contributed by atoms with Crippen LogP contribution < -0.4 is 5.32 Å². The van der Waals surface area contributed by atoms with Crippen LogP contribution >= 0.6 is 0 Å². The minimum absolute atomic E-state index is 0.118. The molecule has 0 unspecified atom stereocenters. The maximum absolute atomic E-state index is 12.0. The van der Waals surface area contributed by atoms with Gasteiger partial charge >= 0.3 is 0 Å². The summed E-state index contributed by atoms with van der Waals surface area (Å²) in [5, 5.41) is 12.9. The first kappa shape index (κ1) is 14.8. The van der Waals surface area contributed by atoms with Gasteiger partial charge in [0.25, 0.3) is 0 Å². The molecule has 2 N–H and O–H groups in total. The number of aliphatic hydroxyl groups excluding tert-OH is 1. The molecule has 0 bridgehead atoms. The molecule has 2 aliphatic rings. The Morgan fingerprint density at radius 2 is 2.16 bits per heavy atom. The van der Waals surface area contributed by atoms with Gasteiger partial charge in [0, 0.05) is 12.6 Å². The topological polar surface area (TPSA) is 52.6 Å². The quantitative estimate of drug-likeness (QED) is 0.792. The van der Waals surface area contributed by atoms with Crippen molar-refractivity contribution in [2.75, 3.05) is 19.6 Å². The fourth-order valence-electron chi connectivity index (χ4n) is 3.13. The van der Waals surface area contributed by atoms with Crippen molar-refractivity contribution in [3.8, 4) is 0 Å². The van der Waals surface area contributed by atoms with Crippen LogP contribution in [0.25, 0.3) is 0 Å². The third-order valence-corrected chi connectivity index (χ3v) is 4.74. The van der Waals surface area contributed by atoms with Gasteiger partial charge in [-0.2, -0.15) is 0 Å². The van der Waals surface area contributed by atoms with Crippen molar-refractivity contribution in [2.45, 2.75) is 58.1 Å². The fraction of sp³-hybridized carbons (Fsp3) is 0.933. The lowest BCUT2D eigenvalue weighted by molar-refractivity contribution is -0.124. The molecule has 4 nitrogen and oxygen atoms in total. The summed E-state index contributed by atoms with van der Waals surface area (Å²) < 4.78 is 0. The van der Waals surface area contributed by atoms with Crippen molar-refractivity contribution >= 4 is 5.91 Å². The average molecular weight is 268 g/mol. The molecular formula is C15H28N2O2. The molecular weight excluding hydrogens is 240 g/mol. The largest absolute Gasteiger partial charge is 0.392 e. The molecule has 1 heterocycles. The number of hydrogen-bond acceptors (Lipinski definition) is 3. The highest BCUT2D eigenvalue weighted by Crippen LogP contribution is 2.26. The third-order valence-electron chi connectivity index (χ3n) is 4.74. The Bertz CT molecular complexity index is 303. The molecule has 2 fully saturated rings. The molecule has 1 saturated heterocycles. The maximum Gasteiger partial charge on any atom is 0.234 e. The molecule has 0 aromatic carbocycles. The molecule has 0 aromatic rings. The Labute approximate surface area is 116 Å². The predicted octanol–water partition coefficient (Wildman–Crippen LogP) is 1.38. The van der Waals surface area contributed by atoms with E-state index in [0.717, 1.165) is 25.9 Å². The zero-order chi connectivity index (χ0) is 13.8. The number of hydrogen-bond donors (Lipinski definition) is 2. The molecule has 4 heteroatoms. The third kappa shape index (κ3) is 4.18. The van der Waals surface area contributed by atoms with Gasteiger partial charge in [0.1, 0.15) is 0 Å². The van der Waals surface area contributed by atoms with E-state index in [-0.39, 0.29) is 18.1 Å². The summed E-state index contributed by atoms with van der Waals surface area (Å²) in [4.78, 5) is 14.1. The molecule has 0 radical (unpaired) electrons. The second-order valence-corrected chi connectivity index (χ2v) is 6.51. The molecule has 1 aliphatic carbocycles. The van der Waals surface area contributed by atoms with Crippen molar-refractivity contribution in [1.29, 1.82) is 0 Å². The number of likely N-dealkylation sites (tertiary alicyclic amines) is 1. The SMILES string of the molecule is C[C@@H]1CCN(CC(=O)NCC2CCC2)[C@@H]([C@H](C)O)C1. The van der Waals surface area contributed by atoms with Crippen LogP contribution in [0.3, 0.4) is 0 Å². The lowest BCUT2D eigenvalue weighted by Crippen LogP contribution is -2.51. The van der Waals surface area contributed by atoms with E-state index in [4.69, 9.17) is 0 Å². The van der Waals surface area contributed by atoms with E-state index in [1.165, 1.54) is 19.3 Å². The van der Waals surface area contributed by atoms with E-state index in [9.17, 15) is 9.90 Å². The van der Waals surface area contributed by atoms with E-state index in [1.54, 1.807) is 0 Å². The Hall–Kier alpha value is -0.610. The highest BCUT2D eigenvalue weighted by Gasteiger charge is 2.30. The monoisotopic (exact) mass is 268 g/mol. The zero-order valence-electron chi connectivity index (χ0n) is 12.3. The Morgan fingerprint density at radius 1 is 1.42 bits per heavy atom. The van der Waals surface area contributed by atoms with Gasteiger partial charge in [-0.05, 0) is 51.0 Å². The van der Waals surface area contributed by atoms with E-state index >= 15 is 0 Å². The van der Waals surface area contributed by atoms with Gasteiger partial charge in [-0.15, -0.1) is 0 Å². The minimum atomic E-state index is -0.359. The van der Waals surface area contributed by atoms with Crippen molar-refractivity contribution in [3.63, 3.8) is 0 Å². The predicted molar refractivity (Wildman–Crippen MR) is 75.8 cm³/mol. The molecule has 1 aliphatic heterocycles. The number of rotatable bonds is 5. The number of amides is 1. The van der Waals surface area contributed by atoms with Gasteiger partial charge in [0.2, 0.25) is 5.91 Å². The van der Waals surface area contributed by atoms with Crippen molar-refractivity contribution in [2.24, 2.45) is 11.8 Å². The van der Waals surface area contributed by atoms with Gasteiger partial charge in [0.15, 0.2) is 0 Å². The van der Waals surface area contributed by atoms with Crippen LogP contribution in [0, 0.1) is 11.8 Å². The number of carbonyl (C=O) groups excluding carboxylic acids is 1. The highest BCUT2D eigenvalue weighted by atomic mass is 16.3. The zero-order valence-corrected chi connectivity index (χ0v) is 12.3. The van der Waals surface area contributed by atoms with Gasteiger partial charge in [-0.25, -0.2) is 0 Å². The Balaban J connectivity index is 1.76. The lowest BCUT2D eigenvalue weighted by atomic mass is 9.85. The summed E-state index contributed by atoms with van der Waals surface area (Å²) in [6.45, 7) is 6.26. The normalized spacial score (nSPS) is 30.7. The first-order valence-corrected chi connectivity index (χ1v) is 7.75. The van der Waals surface area contributed by atoms with Crippen LogP contribution in [-0.2, 0) is 4.79 Å². The fourth-order valence-corrected chi connectivity index (χ4v) is 3.13. The Morgan fingerprint density at radius 3 is 2.74 bits per heavy atom. The number of nitrogens with one attached hydrogen (secondary N) is 1. The van der Waals surface area contributed by atoms with Gasteiger partial charge < -0.3 is 10.4 Å². The summed E-state index contributed by atoms with van der Waals surface area (Å²) >= 11 is 0. The summed E-state index contributed by atoms with van der Waals surface area (Å²) in [6, 6.07) is 0.137. The van der Waals surface area contributed by atoms with Crippen LogP contribution in [0.15, 0.2) is 0 Å². The van der Waals surface area contributed by atoms with Crippen LogP contribution in [-0.4, -0.2) is 47.7 Å². The van der Waals surface area contributed by atoms with Crippen LogP contribution in [0.5, 0.6) is 0 Å². The molecule has 110 valence electrons. The van der Waals surface area contributed by atoms with Crippen molar-refractivity contribution in [3.05, 3.63) is 0 Å². The Kier molecular flexibility index (Phi) is 5.22. The van der Waals surface area contributed by atoms with E-state index in [2.05, 4.69) is 17.1 Å². The highest BCUT2D eigenvalue weighted by molar-refractivity contribution is 5.78. The summed E-state index contributed by atoms with van der Waals surface area (Å²) in [5.41, 5.74) is 0. The number of aliphatic hydroxyl groups is 1. The van der Waals surface area contributed by atoms with E-state index in [1.807, 2.05) is 6.92 Å². The number of nitrogens with zero attached hydrogens (tertiary/aromatic N) is 1. The van der Waals surface area contributed by atoms with E-state index in [0.29, 0.717) is 18.4 Å². The lowest BCUT2D eigenvalue weighted by Gasteiger charge is -2.39. The minimum Gasteiger partial charge on any atom is -0.392 e. The molecule has 0 spiro atoms. The van der Waals surface area contributed by atoms with Crippen LogP contribution in [0.2, 0.25) is 0 Å². The first-order valence-electron chi connectivity index (χ1n) is 7.75. The first-order chi connectivity index (χ1) is 9.06. The standard InChI is InChI=1S/C15H28N2O2/c1-11-6-7-17(14(8-11)12(2)18)10-15(19)16-9-13-4-3-5-13/h11-14,18H,3-10H2,1-2H3,(H,16,19)/t11-,12+,14-/m1/s1. The van der Waals surface area contributed by atoms with Crippen LogP contribution in [0.1, 0.15) is 46.0 Å². The maximum atomic E-state index is 12.0. The molecule has 1 saturated carbocycles. The smallest absolute Gasteiger partial charge is 0.234 e.